The summed E-state index contributed by atoms with van der Waals surface area (Å²) < 4.78 is 52.1. The van der Waals surface area contributed by atoms with Crippen LogP contribution in [0.5, 0.6) is 0 Å². The van der Waals surface area contributed by atoms with Crippen LogP contribution in [0.2, 0.25) is 0 Å². The molecule has 6 heteroatoms. The van der Waals surface area contributed by atoms with Crippen molar-refractivity contribution >= 4 is 43.7 Å². The van der Waals surface area contributed by atoms with Gasteiger partial charge in [-0.2, -0.15) is 0 Å². The lowest BCUT2D eigenvalue weighted by Crippen LogP contribution is -2.01. The molecule has 0 aliphatic carbocycles. The zero-order valence-corrected chi connectivity index (χ0v) is 26.3. The van der Waals surface area contributed by atoms with Gasteiger partial charge >= 0.3 is 0 Å². The molecular formula is C44H27N5O. The Bertz CT molecular complexity index is 3060. The minimum Gasteiger partial charge on any atom is -0.435 e. The van der Waals surface area contributed by atoms with Crippen LogP contribution in [-0.4, -0.2) is 24.5 Å². The predicted octanol–water partition coefficient (Wildman–Crippen LogP) is 10.9. The van der Waals surface area contributed by atoms with E-state index < -0.39 is 18.1 Å². The van der Waals surface area contributed by atoms with E-state index >= 15 is 0 Å². The molecule has 0 N–H and O–H groups in total. The summed E-state index contributed by atoms with van der Waals surface area (Å²) in [5.74, 6) is 1.81. The SMILES string of the molecule is [2H]c1c([2H])c([2H])c(-n2c3ccccc3c3c4c(ccc5nc(-c6ccccc6)oc54)c(-c4nc(-c5ccccc5)nc(-c5ccccc5)n4)cc32)c([2H])c1[2H]. The van der Waals surface area contributed by atoms with Crippen molar-refractivity contribution in [2.75, 3.05) is 0 Å². The van der Waals surface area contributed by atoms with Gasteiger partial charge in [0.25, 0.3) is 0 Å². The summed E-state index contributed by atoms with van der Waals surface area (Å²) in [5.41, 5.74) is 5.51. The average molecular weight is 647 g/mol. The molecule has 0 aliphatic heterocycles. The summed E-state index contributed by atoms with van der Waals surface area (Å²) in [6.45, 7) is 0. The van der Waals surface area contributed by atoms with Crippen LogP contribution in [0.25, 0.3) is 95.0 Å². The topological polar surface area (TPSA) is 69.6 Å². The molecule has 7 aromatic carbocycles. The Morgan fingerprint density at radius 1 is 0.500 bits per heavy atom. The van der Waals surface area contributed by atoms with Crippen molar-refractivity contribution in [2.24, 2.45) is 0 Å². The summed E-state index contributed by atoms with van der Waals surface area (Å²) in [6.07, 6.45) is 0. The first-order chi connectivity index (χ1) is 26.9. The fraction of sp³-hybridized carbons (Fsp3) is 0. The molecule has 3 aromatic heterocycles. The molecule has 0 bridgehead atoms. The predicted molar refractivity (Wildman–Crippen MR) is 201 cm³/mol. The van der Waals surface area contributed by atoms with Gasteiger partial charge in [-0.3, -0.25) is 0 Å². The number of hydrogen-bond donors (Lipinski definition) is 0. The van der Waals surface area contributed by atoms with E-state index in [9.17, 15) is 0 Å². The minimum absolute atomic E-state index is 0.0304. The minimum atomic E-state index is -0.463. The highest BCUT2D eigenvalue weighted by molar-refractivity contribution is 6.29. The second-order valence-electron chi connectivity index (χ2n) is 11.9. The van der Waals surface area contributed by atoms with Gasteiger partial charge in [-0.1, -0.05) is 121 Å². The molecule has 10 aromatic rings. The Hall–Kier alpha value is -6.92. The fourth-order valence-electron chi connectivity index (χ4n) is 6.75. The van der Waals surface area contributed by atoms with Gasteiger partial charge in [-0.05, 0) is 47.8 Å². The van der Waals surface area contributed by atoms with Gasteiger partial charge in [0, 0.05) is 44.1 Å². The van der Waals surface area contributed by atoms with Gasteiger partial charge in [0.1, 0.15) is 5.52 Å². The Morgan fingerprint density at radius 3 is 1.78 bits per heavy atom. The number of nitrogens with zero attached hydrogens (tertiary/aromatic N) is 5. The van der Waals surface area contributed by atoms with Crippen LogP contribution in [0.3, 0.4) is 0 Å². The smallest absolute Gasteiger partial charge is 0.227 e. The highest BCUT2D eigenvalue weighted by Crippen LogP contribution is 2.44. The quantitative estimate of drug-likeness (QED) is 0.186. The Morgan fingerprint density at radius 2 is 1.10 bits per heavy atom. The fourth-order valence-corrected chi connectivity index (χ4v) is 6.75. The highest BCUT2D eigenvalue weighted by Gasteiger charge is 2.24. The first-order valence-corrected chi connectivity index (χ1v) is 16.2. The van der Waals surface area contributed by atoms with Gasteiger partial charge < -0.3 is 8.98 Å². The molecule has 0 amide bonds. The maximum absolute atomic E-state index is 9.06. The number of benzene rings is 7. The van der Waals surface area contributed by atoms with Gasteiger partial charge in [0.2, 0.25) is 5.89 Å². The molecule has 0 saturated heterocycles. The largest absolute Gasteiger partial charge is 0.435 e. The second kappa shape index (κ2) is 11.4. The molecule has 0 aliphatic rings. The van der Waals surface area contributed by atoms with Crippen molar-refractivity contribution < 1.29 is 11.3 Å². The number of rotatable bonds is 5. The Kier molecular flexibility index (Phi) is 5.32. The third-order valence-corrected chi connectivity index (χ3v) is 8.96. The van der Waals surface area contributed by atoms with Gasteiger partial charge in [-0.25, -0.2) is 19.9 Å². The van der Waals surface area contributed by atoms with Crippen LogP contribution in [-0.2, 0) is 0 Å². The number of oxazole rings is 1. The maximum atomic E-state index is 9.06. The number of para-hydroxylation sites is 2. The zero-order valence-electron chi connectivity index (χ0n) is 31.3. The summed E-state index contributed by atoms with van der Waals surface area (Å²) in [4.78, 5) is 20.0. The molecule has 0 saturated carbocycles. The molecule has 6 nitrogen and oxygen atoms in total. The first-order valence-electron chi connectivity index (χ1n) is 18.7. The number of aromatic nitrogens is 5. The van der Waals surface area contributed by atoms with Crippen LogP contribution in [0.1, 0.15) is 6.85 Å². The van der Waals surface area contributed by atoms with Gasteiger partial charge in [0.15, 0.2) is 23.1 Å². The summed E-state index contributed by atoms with van der Waals surface area (Å²) >= 11 is 0. The number of hydrogen-bond acceptors (Lipinski definition) is 5. The van der Waals surface area contributed by atoms with E-state index in [2.05, 4.69) is 0 Å². The van der Waals surface area contributed by atoms with Gasteiger partial charge in [0.05, 0.1) is 17.9 Å². The molecule has 3 heterocycles. The lowest BCUT2D eigenvalue weighted by atomic mass is 9.97. The van der Waals surface area contributed by atoms with Crippen molar-refractivity contribution in [1.29, 1.82) is 0 Å². The van der Waals surface area contributed by atoms with Gasteiger partial charge in [-0.15, -0.1) is 0 Å². The molecule has 0 radical (unpaired) electrons. The normalized spacial score (nSPS) is 13.0. The highest BCUT2D eigenvalue weighted by atomic mass is 16.3. The summed E-state index contributed by atoms with van der Waals surface area (Å²) in [7, 11) is 0. The molecule has 10 rings (SSSR count). The van der Waals surface area contributed by atoms with Crippen LogP contribution in [0, 0.1) is 0 Å². The summed E-state index contributed by atoms with van der Waals surface area (Å²) in [5, 5.41) is 3.08. The molecule has 0 fully saturated rings. The van der Waals surface area contributed by atoms with Crippen molar-refractivity contribution in [2.45, 2.75) is 0 Å². The van der Waals surface area contributed by atoms with E-state index in [4.69, 9.17) is 31.2 Å². The van der Waals surface area contributed by atoms with E-state index in [0.29, 0.717) is 51.1 Å². The molecule has 0 atom stereocenters. The van der Waals surface area contributed by atoms with Crippen LogP contribution in [0.15, 0.2) is 168 Å². The maximum Gasteiger partial charge on any atom is 0.227 e. The van der Waals surface area contributed by atoms with Crippen molar-refractivity contribution in [3.8, 4) is 51.3 Å². The third-order valence-electron chi connectivity index (χ3n) is 8.96. The molecule has 0 unspecified atom stereocenters. The average Bonchev–Trinajstić information content (AvgIpc) is 3.83. The van der Waals surface area contributed by atoms with Crippen molar-refractivity contribution in [3.63, 3.8) is 0 Å². The van der Waals surface area contributed by atoms with E-state index in [1.807, 2.05) is 133 Å². The lowest BCUT2D eigenvalue weighted by Gasteiger charge is -2.13. The van der Waals surface area contributed by atoms with Crippen LogP contribution in [0.4, 0.5) is 0 Å². The third kappa shape index (κ3) is 4.50. The zero-order chi connectivity index (χ0) is 37.4. The van der Waals surface area contributed by atoms with Crippen molar-refractivity contribution in [1.82, 2.24) is 24.5 Å². The Labute approximate surface area is 294 Å². The summed E-state index contributed by atoms with van der Waals surface area (Å²) in [6, 6.07) is 40.7. The van der Waals surface area contributed by atoms with E-state index in [1.54, 1.807) is 4.57 Å². The lowest BCUT2D eigenvalue weighted by molar-refractivity contribution is 0.623. The standard InChI is InChI=1S/C44H27N5O/c1-5-15-28(16-6-1)41-46-42(29-17-7-2-8-18-29)48-43(47-41)34-27-37-38(33-23-13-14-24-36(33)49(37)31-21-11-4-12-22-31)39-32(34)25-26-35-40(39)50-44(45-35)30-19-9-3-10-20-30/h1-27H/i4D,11D,12D,21D,22D. The van der Waals surface area contributed by atoms with Crippen LogP contribution < -0.4 is 0 Å². The van der Waals surface area contributed by atoms with Crippen LogP contribution >= 0.6 is 0 Å². The molecule has 234 valence electrons. The van der Waals surface area contributed by atoms with E-state index in [0.717, 1.165) is 38.2 Å². The Balaban J connectivity index is 1.40. The number of fused-ring (bicyclic) bond motifs is 7. The van der Waals surface area contributed by atoms with E-state index in [1.165, 1.54) is 0 Å². The monoisotopic (exact) mass is 646 g/mol. The van der Waals surface area contributed by atoms with Crippen molar-refractivity contribution in [3.05, 3.63) is 164 Å². The van der Waals surface area contributed by atoms with E-state index in [-0.39, 0.29) is 17.8 Å². The molecule has 0 spiro atoms. The molecule has 50 heavy (non-hydrogen) atoms. The second-order valence-corrected chi connectivity index (χ2v) is 11.9. The first kappa shape index (κ1) is 23.4. The molecular weight excluding hydrogens is 615 g/mol.